The molecule has 0 N–H and O–H groups in total. The number of methoxy groups -OCH3 is 1. The van der Waals surface area contributed by atoms with Crippen molar-refractivity contribution in [3.63, 3.8) is 0 Å². The molecule has 1 aliphatic heterocycles. The standard InChI is InChI=1S/C13H12N4O3/c1-16-7-14-15-11(16)6-17-10-5-8(20-2)3-4-9(10)12(18)13(17)19/h3-5,7H,6H2,1-2H3. The van der Waals surface area contributed by atoms with Gasteiger partial charge in [-0.15, -0.1) is 10.2 Å². The molecule has 2 heterocycles. The maximum Gasteiger partial charge on any atom is 0.299 e. The Bertz CT molecular complexity index is 707. The zero-order chi connectivity index (χ0) is 14.3. The largest absolute Gasteiger partial charge is 0.497 e. The first-order chi connectivity index (χ1) is 9.61. The van der Waals surface area contributed by atoms with Crippen molar-refractivity contribution in [2.24, 2.45) is 7.05 Å². The molecule has 7 nitrogen and oxygen atoms in total. The van der Waals surface area contributed by atoms with E-state index in [2.05, 4.69) is 10.2 Å². The molecule has 0 radical (unpaired) electrons. The van der Waals surface area contributed by atoms with Crippen LogP contribution in [0.4, 0.5) is 5.69 Å². The second-order valence-electron chi connectivity index (χ2n) is 4.46. The maximum atomic E-state index is 12.1. The van der Waals surface area contributed by atoms with Crippen LogP contribution in [0, 0.1) is 0 Å². The summed E-state index contributed by atoms with van der Waals surface area (Å²) in [5.74, 6) is 0.122. The topological polar surface area (TPSA) is 77.3 Å². The van der Waals surface area contributed by atoms with Crippen LogP contribution in [0.25, 0.3) is 0 Å². The van der Waals surface area contributed by atoms with Crippen LogP contribution in [0.2, 0.25) is 0 Å². The highest BCUT2D eigenvalue weighted by Crippen LogP contribution is 2.33. The van der Waals surface area contributed by atoms with Gasteiger partial charge in [-0.3, -0.25) is 14.5 Å². The molecule has 0 fully saturated rings. The van der Waals surface area contributed by atoms with Gasteiger partial charge in [0.15, 0.2) is 5.82 Å². The average Bonchev–Trinajstić information content (AvgIpc) is 2.96. The number of benzene rings is 1. The molecule has 102 valence electrons. The van der Waals surface area contributed by atoms with Gasteiger partial charge >= 0.3 is 0 Å². The zero-order valence-electron chi connectivity index (χ0n) is 11.0. The summed E-state index contributed by atoms with van der Waals surface area (Å²) in [5, 5.41) is 7.69. The molecule has 1 aromatic carbocycles. The lowest BCUT2D eigenvalue weighted by Crippen LogP contribution is -2.30. The Morgan fingerprint density at radius 1 is 1.30 bits per heavy atom. The van der Waals surface area contributed by atoms with Gasteiger partial charge in [0.05, 0.1) is 24.9 Å². The van der Waals surface area contributed by atoms with E-state index in [4.69, 9.17) is 4.74 Å². The highest BCUT2D eigenvalue weighted by molar-refractivity contribution is 6.52. The Labute approximate surface area is 114 Å². The molecule has 0 saturated carbocycles. The summed E-state index contributed by atoms with van der Waals surface area (Å²) >= 11 is 0. The third-order valence-electron chi connectivity index (χ3n) is 3.28. The first kappa shape index (κ1) is 12.3. The average molecular weight is 272 g/mol. The Kier molecular flexibility index (Phi) is 2.74. The van der Waals surface area contributed by atoms with E-state index in [0.29, 0.717) is 22.8 Å². The van der Waals surface area contributed by atoms with Crippen molar-refractivity contribution in [3.8, 4) is 5.75 Å². The number of ether oxygens (including phenoxy) is 1. The normalized spacial score (nSPS) is 13.8. The molecule has 0 aliphatic carbocycles. The van der Waals surface area contributed by atoms with Crippen molar-refractivity contribution in [1.29, 1.82) is 0 Å². The molecule has 0 bridgehead atoms. The molecule has 7 heteroatoms. The van der Waals surface area contributed by atoms with E-state index in [0.717, 1.165) is 0 Å². The van der Waals surface area contributed by atoms with E-state index >= 15 is 0 Å². The Balaban J connectivity index is 2.03. The number of amides is 1. The Morgan fingerprint density at radius 2 is 2.10 bits per heavy atom. The zero-order valence-corrected chi connectivity index (χ0v) is 11.0. The molecular formula is C13H12N4O3. The molecule has 0 unspecified atom stereocenters. The SMILES string of the molecule is COc1ccc2c(c1)N(Cc1nncn1C)C(=O)C2=O. The third-order valence-corrected chi connectivity index (χ3v) is 3.28. The summed E-state index contributed by atoms with van der Waals surface area (Å²) in [5.41, 5.74) is 0.931. The van der Waals surface area contributed by atoms with Crippen LogP contribution in [0.5, 0.6) is 5.75 Å². The quantitative estimate of drug-likeness (QED) is 0.763. The van der Waals surface area contributed by atoms with Crippen molar-refractivity contribution in [3.05, 3.63) is 35.9 Å². The first-order valence-corrected chi connectivity index (χ1v) is 5.99. The van der Waals surface area contributed by atoms with E-state index in [1.807, 2.05) is 0 Å². The lowest BCUT2D eigenvalue weighted by molar-refractivity contribution is -0.114. The smallest absolute Gasteiger partial charge is 0.299 e. The van der Waals surface area contributed by atoms with E-state index in [-0.39, 0.29) is 6.54 Å². The van der Waals surface area contributed by atoms with Crippen LogP contribution >= 0.6 is 0 Å². The number of carbonyl (C=O) groups is 2. The molecular weight excluding hydrogens is 260 g/mol. The van der Waals surface area contributed by atoms with Gasteiger partial charge in [0.25, 0.3) is 11.7 Å². The van der Waals surface area contributed by atoms with Gasteiger partial charge < -0.3 is 9.30 Å². The van der Waals surface area contributed by atoms with Crippen molar-refractivity contribution in [2.75, 3.05) is 12.0 Å². The third kappa shape index (κ3) is 1.75. The van der Waals surface area contributed by atoms with Crippen molar-refractivity contribution in [1.82, 2.24) is 14.8 Å². The highest BCUT2D eigenvalue weighted by atomic mass is 16.5. The van der Waals surface area contributed by atoms with Crippen LogP contribution in [0.15, 0.2) is 24.5 Å². The van der Waals surface area contributed by atoms with Gasteiger partial charge in [0.2, 0.25) is 0 Å². The number of Topliss-reactive ketones (excluding diaryl/α,β-unsaturated/α-hetero) is 1. The van der Waals surface area contributed by atoms with E-state index in [9.17, 15) is 9.59 Å². The van der Waals surface area contributed by atoms with Crippen molar-refractivity contribution < 1.29 is 14.3 Å². The second kappa shape index (κ2) is 4.44. The summed E-state index contributed by atoms with van der Waals surface area (Å²) in [7, 11) is 3.32. The fourth-order valence-electron chi connectivity index (χ4n) is 2.15. The minimum Gasteiger partial charge on any atom is -0.497 e. The maximum absolute atomic E-state index is 12.1. The van der Waals surface area contributed by atoms with Crippen LogP contribution in [0.1, 0.15) is 16.2 Å². The molecule has 3 rings (SSSR count). The Morgan fingerprint density at radius 3 is 2.75 bits per heavy atom. The number of rotatable bonds is 3. The van der Waals surface area contributed by atoms with Crippen LogP contribution < -0.4 is 9.64 Å². The summed E-state index contributed by atoms with van der Waals surface area (Å²) in [6, 6.07) is 4.94. The lowest BCUT2D eigenvalue weighted by Gasteiger charge is -2.16. The summed E-state index contributed by atoms with van der Waals surface area (Å²) in [6.07, 6.45) is 1.55. The number of carbonyl (C=O) groups excluding carboxylic acids is 2. The number of aromatic nitrogens is 3. The van der Waals surface area contributed by atoms with Gasteiger partial charge in [-0.2, -0.15) is 0 Å². The summed E-state index contributed by atoms with van der Waals surface area (Å²) in [4.78, 5) is 25.4. The molecule has 20 heavy (non-hydrogen) atoms. The second-order valence-corrected chi connectivity index (χ2v) is 4.46. The highest BCUT2D eigenvalue weighted by Gasteiger charge is 2.36. The lowest BCUT2D eigenvalue weighted by atomic mass is 10.1. The van der Waals surface area contributed by atoms with Gasteiger partial charge in [-0.1, -0.05) is 0 Å². The molecule has 0 saturated heterocycles. The predicted molar refractivity (Wildman–Crippen MR) is 69.5 cm³/mol. The summed E-state index contributed by atoms with van der Waals surface area (Å²) in [6.45, 7) is 0.196. The van der Waals surface area contributed by atoms with Gasteiger partial charge in [-0.05, 0) is 12.1 Å². The number of anilines is 1. The number of ketones is 1. The molecule has 1 aromatic heterocycles. The number of hydrogen-bond donors (Lipinski definition) is 0. The van der Waals surface area contributed by atoms with Gasteiger partial charge in [-0.25, -0.2) is 0 Å². The van der Waals surface area contributed by atoms with E-state index in [1.54, 1.807) is 36.1 Å². The Hall–Kier alpha value is -2.70. The van der Waals surface area contributed by atoms with Crippen LogP contribution in [0.3, 0.4) is 0 Å². The molecule has 1 aliphatic rings. The number of hydrogen-bond acceptors (Lipinski definition) is 5. The van der Waals surface area contributed by atoms with Crippen molar-refractivity contribution >= 4 is 17.4 Å². The fraction of sp³-hybridized carbons (Fsp3) is 0.231. The minimum absolute atomic E-state index is 0.196. The molecule has 0 atom stereocenters. The number of aryl methyl sites for hydroxylation is 1. The minimum atomic E-state index is -0.559. The molecule has 1 amide bonds. The van der Waals surface area contributed by atoms with Gasteiger partial charge in [0, 0.05) is 13.1 Å². The van der Waals surface area contributed by atoms with Gasteiger partial charge in [0.1, 0.15) is 12.1 Å². The van der Waals surface area contributed by atoms with Crippen LogP contribution in [-0.2, 0) is 18.4 Å². The molecule has 2 aromatic rings. The monoisotopic (exact) mass is 272 g/mol. The number of fused-ring (bicyclic) bond motifs is 1. The van der Waals surface area contributed by atoms with E-state index < -0.39 is 11.7 Å². The first-order valence-electron chi connectivity index (χ1n) is 5.99. The van der Waals surface area contributed by atoms with Crippen LogP contribution in [-0.4, -0.2) is 33.6 Å². The fourth-order valence-corrected chi connectivity index (χ4v) is 2.15. The van der Waals surface area contributed by atoms with E-state index in [1.165, 1.54) is 12.0 Å². The van der Waals surface area contributed by atoms with Crippen molar-refractivity contribution in [2.45, 2.75) is 6.54 Å². The number of nitrogens with zero attached hydrogens (tertiary/aromatic N) is 4. The molecule has 0 spiro atoms. The summed E-state index contributed by atoms with van der Waals surface area (Å²) < 4.78 is 6.84. The predicted octanol–water partition coefficient (Wildman–Crippen LogP) is 0.553.